The third kappa shape index (κ3) is 1.69. The molecule has 0 aliphatic carbocycles. The van der Waals surface area contributed by atoms with E-state index in [2.05, 4.69) is 0 Å². The fourth-order valence-electron chi connectivity index (χ4n) is 1.10. The molecule has 1 aliphatic rings. The Kier molecular flexibility index (Phi) is 1.92. The Morgan fingerprint density at radius 1 is 1.50 bits per heavy atom. The second-order valence-electron chi connectivity index (χ2n) is 3.05. The topological polar surface area (TPSA) is 20.3 Å². The molecule has 2 nitrogen and oxygen atoms in total. The molecule has 0 unspecified atom stereocenters. The molecule has 0 aromatic heterocycles. The summed E-state index contributed by atoms with van der Waals surface area (Å²) < 4.78 is 13.0. The largest absolute Gasteiger partial charge is 0.345 e. The highest BCUT2D eigenvalue weighted by Crippen LogP contribution is 2.24. The average molecular weight is 145 g/mol. The summed E-state index contributed by atoms with van der Waals surface area (Å²) in [5, 5.41) is 0. The molecule has 0 bridgehead atoms. The minimum atomic E-state index is -1.04. The molecule has 0 saturated carbocycles. The van der Waals surface area contributed by atoms with Crippen molar-refractivity contribution in [1.82, 2.24) is 4.90 Å². The van der Waals surface area contributed by atoms with Gasteiger partial charge >= 0.3 is 0 Å². The van der Waals surface area contributed by atoms with Crippen LogP contribution in [-0.2, 0) is 4.79 Å². The van der Waals surface area contributed by atoms with Crippen LogP contribution in [0.1, 0.15) is 19.8 Å². The summed E-state index contributed by atoms with van der Waals surface area (Å²) in [6.45, 7) is 2.72. The van der Waals surface area contributed by atoms with Crippen molar-refractivity contribution in [1.29, 1.82) is 0 Å². The van der Waals surface area contributed by atoms with Gasteiger partial charge in [-0.2, -0.15) is 0 Å². The quantitative estimate of drug-likeness (QED) is 0.503. The van der Waals surface area contributed by atoms with Crippen LogP contribution in [0.25, 0.3) is 0 Å². The lowest BCUT2D eigenvalue weighted by atomic mass is 9.96. The van der Waals surface area contributed by atoms with Crippen LogP contribution < -0.4 is 0 Å². The number of hydrogen-bond donors (Lipinski definition) is 0. The molecule has 3 heteroatoms. The number of carbonyl (C=O) groups excluding carboxylic acids is 1. The Bertz CT molecular complexity index is 126. The predicted octanol–water partition coefficient (Wildman–Crippen LogP) is 0.967. The molecule has 10 heavy (non-hydrogen) atoms. The minimum Gasteiger partial charge on any atom is -0.345 e. The van der Waals surface area contributed by atoms with E-state index in [1.54, 1.807) is 11.8 Å². The molecule has 0 aromatic rings. The van der Waals surface area contributed by atoms with E-state index in [9.17, 15) is 9.18 Å². The van der Waals surface area contributed by atoms with E-state index in [4.69, 9.17) is 0 Å². The predicted molar refractivity (Wildman–Crippen MR) is 36.4 cm³/mol. The average Bonchev–Trinajstić information content (AvgIpc) is 1.88. The first kappa shape index (κ1) is 7.51. The van der Waals surface area contributed by atoms with Gasteiger partial charge in [-0.25, -0.2) is 4.39 Å². The van der Waals surface area contributed by atoms with Gasteiger partial charge in [-0.15, -0.1) is 0 Å². The summed E-state index contributed by atoms with van der Waals surface area (Å²) in [5.41, 5.74) is -1.04. The first-order valence-corrected chi connectivity index (χ1v) is 3.52. The molecule has 0 spiro atoms. The van der Waals surface area contributed by atoms with Crippen LogP contribution in [0.15, 0.2) is 0 Å². The van der Waals surface area contributed by atoms with Crippen LogP contribution >= 0.6 is 0 Å². The first-order valence-electron chi connectivity index (χ1n) is 3.52. The standard InChI is InChI=1S/C7H12FNO/c1-7(8)2-4-9(6-10)5-3-7/h6H,2-5H2,1H3. The van der Waals surface area contributed by atoms with E-state index < -0.39 is 5.67 Å². The van der Waals surface area contributed by atoms with Crippen molar-refractivity contribution in [3.05, 3.63) is 0 Å². The highest BCUT2D eigenvalue weighted by Gasteiger charge is 2.28. The lowest BCUT2D eigenvalue weighted by Crippen LogP contribution is -2.39. The van der Waals surface area contributed by atoms with Crippen molar-refractivity contribution in [2.45, 2.75) is 25.4 Å². The van der Waals surface area contributed by atoms with Crippen molar-refractivity contribution in [3.63, 3.8) is 0 Å². The van der Waals surface area contributed by atoms with Crippen LogP contribution in [0.4, 0.5) is 4.39 Å². The zero-order valence-corrected chi connectivity index (χ0v) is 6.14. The Labute approximate surface area is 60.0 Å². The van der Waals surface area contributed by atoms with Crippen LogP contribution in [0.2, 0.25) is 0 Å². The summed E-state index contributed by atoms with van der Waals surface area (Å²) in [6.07, 6.45) is 1.74. The van der Waals surface area contributed by atoms with E-state index in [1.165, 1.54) is 0 Å². The lowest BCUT2D eigenvalue weighted by molar-refractivity contribution is -0.120. The normalized spacial score (nSPS) is 24.4. The number of carbonyl (C=O) groups is 1. The van der Waals surface area contributed by atoms with Crippen LogP contribution in [0.3, 0.4) is 0 Å². The molecule has 0 N–H and O–H groups in total. The Hall–Kier alpha value is -0.600. The third-order valence-corrected chi connectivity index (χ3v) is 1.99. The Morgan fingerprint density at radius 3 is 2.40 bits per heavy atom. The summed E-state index contributed by atoms with van der Waals surface area (Å²) in [5.74, 6) is 0. The van der Waals surface area contributed by atoms with Crippen molar-refractivity contribution in [3.8, 4) is 0 Å². The van der Waals surface area contributed by atoms with Crippen molar-refractivity contribution in [2.75, 3.05) is 13.1 Å². The van der Waals surface area contributed by atoms with Gasteiger partial charge in [0.15, 0.2) is 0 Å². The number of amides is 1. The van der Waals surface area contributed by atoms with Gasteiger partial charge < -0.3 is 4.90 Å². The molecular weight excluding hydrogens is 133 g/mol. The van der Waals surface area contributed by atoms with Crippen molar-refractivity contribution < 1.29 is 9.18 Å². The van der Waals surface area contributed by atoms with Gasteiger partial charge in [-0.3, -0.25) is 4.79 Å². The number of hydrogen-bond acceptors (Lipinski definition) is 1. The highest BCUT2D eigenvalue weighted by molar-refractivity contribution is 5.47. The first-order chi connectivity index (χ1) is 4.64. The zero-order chi connectivity index (χ0) is 7.61. The number of piperidine rings is 1. The van der Waals surface area contributed by atoms with E-state index in [1.807, 2.05) is 0 Å². The zero-order valence-electron chi connectivity index (χ0n) is 6.14. The molecule has 58 valence electrons. The number of likely N-dealkylation sites (tertiary alicyclic amines) is 1. The van der Waals surface area contributed by atoms with Gasteiger partial charge in [0.25, 0.3) is 0 Å². The Morgan fingerprint density at radius 2 is 2.00 bits per heavy atom. The van der Waals surface area contributed by atoms with E-state index in [0.717, 1.165) is 6.41 Å². The second kappa shape index (κ2) is 2.56. The molecule has 0 radical (unpaired) electrons. The van der Waals surface area contributed by atoms with Crippen molar-refractivity contribution >= 4 is 6.41 Å². The van der Waals surface area contributed by atoms with Gasteiger partial charge in [-0.1, -0.05) is 0 Å². The van der Waals surface area contributed by atoms with Crippen LogP contribution in [0, 0.1) is 0 Å². The molecule has 1 fully saturated rings. The summed E-state index contributed by atoms with van der Waals surface area (Å²) >= 11 is 0. The van der Waals surface area contributed by atoms with Gasteiger partial charge in [0.2, 0.25) is 6.41 Å². The SMILES string of the molecule is CC1(F)CCN(C=O)CC1. The van der Waals surface area contributed by atoms with Gasteiger partial charge in [0.05, 0.1) is 0 Å². The van der Waals surface area contributed by atoms with Gasteiger partial charge in [0.1, 0.15) is 5.67 Å². The van der Waals surface area contributed by atoms with Crippen LogP contribution in [-0.4, -0.2) is 30.1 Å². The van der Waals surface area contributed by atoms with E-state index in [-0.39, 0.29) is 0 Å². The summed E-state index contributed by atoms with van der Waals surface area (Å²) in [4.78, 5) is 11.8. The van der Waals surface area contributed by atoms with Crippen molar-refractivity contribution in [2.24, 2.45) is 0 Å². The smallest absolute Gasteiger partial charge is 0.209 e. The fourth-order valence-corrected chi connectivity index (χ4v) is 1.10. The number of alkyl halides is 1. The van der Waals surface area contributed by atoms with Gasteiger partial charge in [-0.05, 0) is 19.8 Å². The molecule has 0 atom stereocenters. The summed E-state index contributed by atoms with van der Waals surface area (Å²) in [6, 6.07) is 0. The van der Waals surface area contributed by atoms with Crippen LogP contribution in [0.5, 0.6) is 0 Å². The number of halogens is 1. The molecule has 0 aromatic carbocycles. The summed E-state index contributed by atoms with van der Waals surface area (Å²) in [7, 11) is 0. The molecular formula is C7H12FNO. The molecule has 1 amide bonds. The molecule has 1 aliphatic heterocycles. The third-order valence-electron chi connectivity index (χ3n) is 1.99. The molecule has 1 heterocycles. The van der Waals surface area contributed by atoms with E-state index in [0.29, 0.717) is 25.9 Å². The minimum absolute atomic E-state index is 0.478. The maximum Gasteiger partial charge on any atom is 0.209 e. The van der Waals surface area contributed by atoms with E-state index >= 15 is 0 Å². The van der Waals surface area contributed by atoms with Gasteiger partial charge in [0, 0.05) is 13.1 Å². The molecule has 1 saturated heterocycles. The highest BCUT2D eigenvalue weighted by atomic mass is 19.1. The maximum atomic E-state index is 13.0. The number of rotatable bonds is 1. The monoisotopic (exact) mass is 145 g/mol. The second-order valence-corrected chi connectivity index (χ2v) is 3.05. The Balaban J connectivity index is 2.38. The fraction of sp³-hybridized carbons (Fsp3) is 0.857. The molecule has 1 rings (SSSR count). The lowest BCUT2D eigenvalue weighted by Gasteiger charge is -2.31. The number of nitrogens with zero attached hydrogens (tertiary/aromatic N) is 1. The maximum absolute atomic E-state index is 13.0.